The number of hydrogen-bond donors (Lipinski definition) is 2. The van der Waals surface area contributed by atoms with Gasteiger partial charge in [-0.3, -0.25) is 9.35 Å². The van der Waals surface area contributed by atoms with Crippen LogP contribution in [-0.2, 0) is 14.9 Å². The van der Waals surface area contributed by atoms with Gasteiger partial charge in [-0.05, 0) is 36.3 Å². The van der Waals surface area contributed by atoms with E-state index in [-0.39, 0.29) is 17.1 Å². The van der Waals surface area contributed by atoms with Crippen LogP contribution in [0.5, 0.6) is 0 Å². The molecule has 3 N–H and O–H groups in total. The highest BCUT2D eigenvalue weighted by Crippen LogP contribution is 2.64. The van der Waals surface area contributed by atoms with E-state index in [2.05, 4.69) is 0 Å². The average Bonchev–Trinajstić information content (AvgIpc) is 2.72. The van der Waals surface area contributed by atoms with Crippen molar-refractivity contribution >= 4 is 21.6 Å². The summed E-state index contributed by atoms with van der Waals surface area (Å²) in [6, 6.07) is 9.49. The summed E-state index contributed by atoms with van der Waals surface area (Å²) in [5.74, 6) is -0.101. The van der Waals surface area contributed by atoms with Crippen LogP contribution in [-0.4, -0.2) is 24.5 Å². The minimum Gasteiger partial charge on any atom is -0.399 e. The second-order valence-corrected chi connectivity index (χ2v) is 8.26. The van der Waals surface area contributed by atoms with Gasteiger partial charge in [0.05, 0.1) is 11.2 Å². The van der Waals surface area contributed by atoms with Gasteiger partial charge < -0.3 is 5.73 Å². The molecule has 6 heteroatoms. The lowest BCUT2D eigenvalue weighted by Gasteiger charge is -2.35. The van der Waals surface area contributed by atoms with Crippen molar-refractivity contribution in [3.63, 3.8) is 0 Å². The molecule has 2 fully saturated rings. The molecule has 3 rings (SSSR count). The molecule has 0 spiro atoms. The predicted octanol–water partition coefficient (Wildman–Crippen LogP) is 2.54. The number of carbonyl (C=O) groups excluding carboxylic acids is 1. The molecule has 22 heavy (non-hydrogen) atoms. The number of rotatable bonds is 2. The van der Waals surface area contributed by atoms with Gasteiger partial charge in [-0.2, -0.15) is 8.42 Å². The van der Waals surface area contributed by atoms with Crippen molar-refractivity contribution in [2.24, 2.45) is 16.7 Å². The van der Waals surface area contributed by atoms with E-state index in [4.69, 9.17) is 10.3 Å². The van der Waals surface area contributed by atoms with Crippen molar-refractivity contribution in [2.45, 2.75) is 33.1 Å². The van der Waals surface area contributed by atoms with E-state index in [0.29, 0.717) is 12.8 Å². The predicted molar refractivity (Wildman–Crippen MR) is 85.8 cm³/mol. The number of nitrogens with two attached hydrogens (primary N) is 1. The largest absolute Gasteiger partial charge is 0.399 e. The van der Waals surface area contributed by atoms with Gasteiger partial charge in [0.1, 0.15) is 5.78 Å². The van der Waals surface area contributed by atoms with Crippen molar-refractivity contribution in [1.82, 2.24) is 0 Å². The Balaban J connectivity index is 0.000000211. The van der Waals surface area contributed by atoms with Crippen LogP contribution in [0.4, 0.5) is 5.69 Å². The van der Waals surface area contributed by atoms with Gasteiger partial charge in [0.25, 0.3) is 10.1 Å². The van der Waals surface area contributed by atoms with Crippen molar-refractivity contribution in [1.29, 1.82) is 0 Å². The van der Waals surface area contributed by atoms with Gasteiger partial charge in [-0.1, -0.05) is 32.0 Å². The lowest BCUT2D eigenvalue weighted by molar-refractivity contribution is -0.128. The molecule has 1 aromatic rings. The fraction of sp³-hybridized carbons (Fsp3) is 0.562. The van der Waals surface area contributed by atoms with Gasteiger partial charge in [0.2, 0.25) is 0 Å². The third-order valence-electron chi connectivity index (χ3n) is 5.37. The van der Waals surface area contributed by atoms with E-state index in [1.54, 1.807) is 0 Å². The van der Waals surface area contributed by atoms with Gasteiger partial charge >= 0.3 is 0 Å². The maximum Gasteiger partial charge on any atom is 0.265 e. The Morgan fingerprint density at radius 1 is 1.27 bits per heavy atom. The number of benzene rings is 1. The minimum atomic E-state index is -4.08. The van der Waals surface area contributed by atoms with Crippen molar-refractivity contribution in [2.75, 3.05) is 11.5 Å². The van der Waals surface area contributed by atoms with Crippen LogP contribution in [0.15, 0.2) is 30.3 Å². The highest BCUT2D eigenvalue weighted by Gasteiger charge is 2.65. The molecule has 0 aromatic heterocycles. The fourth-order valence-corrected chi connectivity index (χ4v) is 5.17. The molecule has 1 aromatic carbocycles. The molecule has 0 heterocycles. The Morgan fingerprint density at radius 2 is 1.86 bits per heavy atom. The molecule has 2 atom stereocenters. The number of fused-ring (bicyclic) bond motifs is 2. The van der Waals surface area contributed by atoms with Crippen LogP contribution < -0.4 is 5.73 Å². The smallest absolute Gasteiger partial charge is 0.265 e. The monoisotopic (exact) mass is 325 g/mol. The van der Waals surface area contributed by atoms with E-state index < -0.39 is 21.3 Å². The van der Waals surface area contributed by atoms with Crippen molar-refractivity contribution in [3.05, 3.63) is 30.3 Å². The number of hydrogen-bond acceptors (Lipinski definition) is 4. The second kappa shape index (κ2) is 5.66. The van der Waals surface area contributed by atoms with Crippen LogP contribution in [0, 0.1) is 16.7 Å². The van der Waals surface area contributed by atoms with Crippen molar-refractivity contribution in [3.8, 4) is 0 Å². The zero-order valence-electron chi connectivity index (χ0n) is 13.0. The van der Waals surface area contributed by atoms with Gasteiger partial charge in [0, 0.05) is 12.1 Å². The zero-order chi connectivity index (χ0) is 16.6. The second-order valence-electron chi connectivity index (χ2n) is 6.80. The summed E-state index contributed by atoms with van der Waals surface area (Å²) < 4.78 is 31.0. The normalized spacial score (nSPS) is 29.0. The molecule has 0 amide bonds. The topological polar surface area (TPSA) is 97.5 Å². The summed E-state index contributed by atoms with van der Waals surface area (Å²) in [5.41, 5.74) is 5.06. The van der Waals surface area contributed by atoms with E-state index in [0.717, 1.165) is 12.1 Å². The number of Topliss-reactive ketones (excluding diaryl/α,β-unsaturated/α-hetero) is 1. The lowest BCUT2D eigenvalue weighted by Crippen LogP contribution is -2.42. The van der Waals surface area contributed by atoms with Crippen molar-refractivity contribution < 1.29 is 17.8 Å². The molecule has 0 saturated heterocycles. The highest BCUT2D eigenvalue weighted by molar-refractivity contribution is 7.85. The van der Waals surface area contributed by atoms with E-state index in [1.165, 1.54) is 0 Å². The molecule has 0 aliphatic heterocycles. The Morgan fingerprint density at radius 3 is 2.18 bits per heavy atom. The van der Waals surface area contributed by atoms with Crippen LogP contribution in [0.25, 0.3) is 0 Å². The summed E-state index contributed by atoms with van der Waals surface area (Å²) in [7, 11) is -4.08. The Bertz CT molecular complexity index is 654. The Hall–Kier alpha value is -1.40. The number of ketones is 1. The number of para-hydroxylation sites is 1. The minimum absolute atomic E-state index is 0.0152. The van der Waals surface area contributed by atoms with Crippen LogP contribution in [0.3, 0.4) is 0 Å². The summed E-state index contributed by atoms with van der Waals surface area (Å²) in [4.78, 5) is 11.9. The molecular weight excluding hydrogens is 302 g/mol. The SMILES string of the molecule is CC1(C)C2CCC1(CS(=O)(=O)O)C(=O)C2.Nc1ccccc1. The molecule has 122 valence electrons. The molecule has 2 aliphatic rings. The maximum atomic E-state index is 11.9. The van der Waals surface area contributed by atoms with E-state index >= 15 is 0 Å². The first-order chi connectivity index (χ1) is 10.1. The summed E-state index contributed by atoms with van der Waals surface area (Å²) in [5, 5.41) is 0. The lowest BCUT2D eigenvalue weighted by atomic mass is 9.70. The number of carbonyl (C=O) groups is 1. The first-order valence-electron chi connectivity index (χ1n) is 7.37. The standard InChI is InChI=1S/C10H16O4S.C6H7N/c1-9(2)7-3-4-10(9,8(11)5-7)6-15(12,13)14;7-6-4-2-1-3-5-6/h7H,3-6H2,1-2H3,(H,12,13,14);1-5H,7H2. The zero-order valence-corrected chi connectivity index (χ0v) is 13.8. The molecule has 5 nitrogen and oxygen atoms in total. The third-order valence-corrected chi connectivity index (χ3v) is 6.23. The molecule has 2 bridgehead atoms. The van der Waals surface area contributed by atoms with Crippen LogP contribution in [0.1, 0.15) is 33.1 Å². The number of nitrogen functional groups attached to an aromatic ring is 1. The van der Waals surface area contributed by atoms with E-state index in [1.807, 2.05) is 44.2 Å². The highest BCUT2D eigenvalue weighted by atomic mass is 32.2. The quantitative estimate of drug-likeness (QED) is 0.643. The average molecular weight is 325 g/mol. The fourth-order valence-electron chi connectivity index (χ4n) is 3.87. The molecule has 0 radical (unpaired) electrons. The molecule has 2 aliphatic carbocycles. The first-order valence-corrected chi connectivity index (χ1v) is 8.98. The molecular formula is C16H23NO4S. The van der Waals surface area contributed by atoms with Crippen LogP contribution in [0.2, 0.25) is 0 Å². The summed E-state index contributed by atoms with van der Waals surface area (Å²) in [6.45, 7) is 3.89. The third kappa shape index (κ3) is 3.03. The summed E-state index contributed by atoms with van der Waals surface area (Å²) >= 11 is 0. The molecule has 2 saturated carbocycles. The van der Waals surface area contributed by atoms with Crippen LogP contribution >= 0.6 is 0 Å². The van der Waals surface area contributed by atoms with E-state index in [9.17, 15) is 13.2 Å². The maximum absolute atomic E-state index is 11.9. The van der Waals surface area contributed by atoms with Gasteiger partial charge in [-0.15, -0.1) is 0 Å². The molecule has 2 unspecified atom stereocenters. The van der Waals surface area contributed by atoms with Gasteiger partial charge in [-0.25, -0.2) is 0 Å². The van der Waals surface area contributed by atoms with Gasteiger partial charge in [0.15, 0.2) is 0 Å². The number of anilines is 1. The Kier molecular flexibility index (Phi) is 4.37. The Labute approximate surface area is 131 Å². The first kappa shape index (κ1) is 17.0. The summed E-state index contributed by atoms with van der Waals surface area (Å²) in [6.07, 6.45) is 1.97.